The Kier molecular flexibility index (Phi) is 5.92. The van der Waals surface area contributed by atoms with E-state index in [2.05, 4.69) is 0 Å². The van der Waals surface area contributed by atoms with E-state index >= 15 is 0 Å². The van der Waals surface area contributed by atoms with Gasteiger partial charge in [0.1, 0.15) is 42.7 Å². The molecule has 0 aromatic heterocycles. The van der Waals surface area contributed by atoms with Gasteiger partial charge >= 0.3 is 0 Å². The summed E-state index contributed by atoms with van der Waals surface area (Å²) in [4.78, 5) is 0. The molecule has 2 saturated heterocycles. The van der Waals surface area contributed by atoms with Crippen LogP contribution >= 0.6 is 0 Å². The second-order valence-electron chi connectivity index (χ2n) is 5.63. The average molecular weight is 342 g/mol. The van der Waals surface area contributed by atoms with E-state index in [1.54, 1.807) is 0 Å². The van der Waals surface area contributed by atoms with Crippen molar-refractivity contribution in [3.8, 4) is 0 Å². The molecule has 0 amide bonds. The first-order valence-electron chi connectivity index (χ1n) is 7.04. The molecule has 9 atom stereocenters. The Hall–Kier alpha value is -0.440. The molecule has 2 fully saturated rings. The van der Waals surface area contributed by atoms with Crippen LogP contribution in [0, 0.1) is 0 Å². The minimum absolute atomic E-state index is 0.469. The fourth-order valence-electron chi connectivity index (χ4n) is 2.53. The van der Waals surface area contributed by atoms with E-state index in [0.717, 1.165) is 0 Å². The monoisotopic (exact) mass is 342 g/mol. The van der Waals surface area contributed by atoms with Gasteiger partial charge in [-0.25, -0.2) is 0 Å². The van der Waals surface area contributed by atoms with Gasteiger partial charge in [-0.05, 0) is 0 Å². The Balaban J connectivity index is 1.95. The van der Waals surface area contributed by atoms with Crippen LogP contribution in [0.5, 0.6) is 0 Å². The van der Waals surface area contributed by atoms with E-state index in [0.29, 0.717) is 0 Å². The normalized spacial score (nSPS) is 51.1. The van der Waals surface area contributed by atoms with E-state index in [4.69, 9.17) is 24.4 Å². The van der Waals surface area contributed by atoms with E-state index in [1.165, 1.54) is 0 Å². The Morgan fingerprint density at radius 3 is 2.04 bits per heavy atom. The van der Waals surface area contributed by atoms with Gasteiger partial charge in [0, 0.05) is 0 Å². The molecule has 0 aromatic rings. The third-order valence-electron chi connectivity index (χ3n) is 4.02. The molecule has 0 saturated carbocycles. The quantitative estimate of drug-likeness (QED) is 0.238. The highest BCUT2D eigenvalue weighted by Gasteiger charge is 2.53. The Morgan fingerprint density at radius 2 is 1.52 bits per heavy atom. The van der Waals surface area contributed by atoms with Crippen molar-refractivity contribution in [2.45, 2.75) is 54.8 Å². The van der Waals surface area contributed by atoms with Crippen molar-refractivity contribution in [3.05, 3.63) is 0 Å². The van der Waals surface area contributed by atoms with E-state index in [1.807, 2.05) is 0 Å². The second kappa shape index (κ2) is 7.21. The standard InChI is InChI=1S/C12H22O11/c13-1-4-6(15)8(17)9(18)11(22-4)21-2-5-7(16)10(19)12(20,3-14)23-5/h4-11,13-20H,1-3H2/t4-,5+,6-,7-,8+,9-,10+,11+,12-/m1/s1. The first kappa shape index (κ1) is 18.9. The molecule has 2 aliphatic rings. The zero-order valence-corrected chi connectivity index (χ0v) is 12.0. The van der Waals surface area contributed by atoms with Crippen molar-refractivity contribution in [3.63, 3.8) is 0 Å². The van der Waals surface area contributed by atoms with Crippen molar-refractivity contribution in [2.75, 3.05) is 19.8 Å². The molecule has 2 heterocycles. The summed E-state index contributed by atoms with van der Waals surface area (Å²) in [6, 6.07) is 0. The summed E-state index contributed by atoms with van der Waals surface area (Å²) in [5.74, 6) is -2.34. The molecular weight excluding hydrogens is 320 g/mol. The molecule has 0 aliphatic carbocycles. The van der Waals surface area contributed by atoms with Gasteiger partial charge in [-0.1, -0.05) is 0 Å². The third kappa shape index (κ3) is 3.50. The molecular formula is C12H22O11. The van der Waals surface area contributed by atoms with Crippen molar-refractivity contribution in [1.29, 1.82) is 0 Å². The van der Waals surface area contributed by atoms with Gasteiger partial charge in [-0.2, -0.15) is 0 Å². The minimum atomic E-state index is -2.34. The molecule has 0 bridgehead atoms. The number of hydrogen-bond donors (Lipinski definition) is 8. The van der Waals surface area contributed by atoms with Gasteiger partial charge in [-0.15, -0.1) is 0 Å². The van der Waals surface area contributed by atoms with E-state index in [-0.39, 0.29) is 0 Å². The number of ether oxygens (including phenoxy) is 3. The van der Waals surface area contributed by atoms with Crippen LogP contribution in [0.25, 0.3) is 0 Å². The lowest BCUT2D eigenvalue weighted by Gasteiger charge is -2.39. The lowest BCUT2D eigenvalue weighted by molar-refractivity contribution is -0.310. The predicted octanol–water partition coefficient (Wildman–Crippen LogP) is -5.40. The van der Waals surface area contributed by atoms with Crippen LogP contribution in [-0.2, 0) is 14.2 Å². The Bertz CT molecular complexity index is 393. The third-order valence-corrected chi connectivity index (χ3v) is 4.02. The van der Waals surface area contributed by atoms with E-state index < -0.39 is 74.6 Å². The van der Waals surface area contributed by atoms with E-state index in [9.17, 15) is 30.6 Å². The summed E-state index contributed by atoms with van der Waals surface area (Å²) < 4.78 is 15.2. The smallest absolute Gasteiger partial charge is 0.219 e. The maximum absolute atomic E-state index is 9.78. The van der Waals surface area contributed by atoms with Crippen LogP contribution in [0.4, 0.5) is 0 Å². The van der Waals surface area contributed by atoms with Crippen molar-refractivity contribution < 1.29 is 55.1 Å². The number of rotatable bonds is 5. The number of aliphatic hydroxyl groups is 8. The maximum atomic E-state index is 9.78. The van der Waals surface area contributed by atoms with Gasteiger partial charge in [0.05, 0.1) is 19.8 Å². The molecule has 0 unspecified atom stereocenters. The largest absolute Gasteiger partial charge is 0.394 e. The SMILES string of the molecule is OC[C@H]1O[C@H](OC[C@@H]2O[C@](O)(CO)[C@@H](O)[C@@H]2O)[C@H](O)[C@@H](O)[C@@H]1O. The molecule has 11 heteroatoms. The molecule has 2 aliphatic heterocycles. The first-order chi connectivity index (χ1) is 10.7. The van der Waals surface area contributed by atoms with Crippen LogP contribution in [0.3, 0.4) is 0 Å². The fraction of sp³-hybridized carbons (Fsp3) is 1.00. The summed E-state index contributed by atoms with van der Waals surface area (Å²) in [5.41, 5.74) is 0. The number of hydrogen-bond acceptors (Lipinski definition) is 11. The number of aliphatic hydroxyl groups excluding tert-OH is 7. The Labute approximate surface area is 130 Å². The van der Waals surface area contributed by atoms with Gasteiger partial charge in [-0.3, -0.25) is 0 Å². The highest BCUT2D eigenvalue weighted by Crippen LogP contribution is 2.30. The summed E-state index contributed by atoms with van der Waals surface area (Å²) in [6.45, 7) is -2.05. The molecule has 0 aromatic carbocycles. The highest BCUT2D eigenvalue weighted by molar-refractivity contribution is 4.95. The zero-order valence-electron chi connectivity index (χ0n) is 12.0. The highest BCUT2D eigenvalue weighted by atomic mass is 16.7. The zero-order chi connectivity index (χ0) is 17.4. The Morgan fingerprint density at radius 1 is 0.870 bits per heavy atom. The van der Waals surface area contributed by atoms with Gasteiger partial charge in [0.25, 0.3) is 0 Å². The summed E-state index contributed by atoms with van der Waals surface area (Å²) in [5, 5.41) is 76.1. The van der Waals surface area contributed by atoms with Crippen LogP contribution in [-0.4, -0.2) is 115 Å². The molecule has 11 nitrogen and oxygen atoms in total. The maximum Gasteiger partial charge on any atom is 0.219 e. The van der Waals surface area contributed by atoms with Gasteiger partial charge in [0.2, 0.25) is 5.79 Å². The lowest BCUT2D eigenvalue weighted by Crippen LogP contribution is -2.59. The lowest BCUT2D eigenvalue weighted by atomic mass is 9.99. The summed E-state index contributed by atoms with van der Waals surface area (Å²) in [7, 11) is 0. The minimum Gasteiger partial charge on any atom is -0.394 e. The van der Waals surface area contributed by atoms with Crippen LogP contribution in [0.15, 0.2) is 0 Å². The van der Waals surface area contributed by atoms with Crippen molar-refractivity contribution in [2.24, 2.45) is 0 Å². The average Bonchev–Trinajstić information content (AvgIpc) is 2.77. The van der Waals surface area contributed by atoms with Crippen LogP contribution < -0.4 is 0 Å². The van der Waals surface area contributed by atoms with Crippen molar-refractivity contribution in [1.82, 2.24) is 0 Å². The second-order valence-corrected chi connectivity index (χ2v) is 5.63. The molecule has 0 spiro atoms. The van der Waals surface area contributed by atoms with Crippen LogP contribution in [0.1, 0.15) is 0 Å². The van der Waals surface area contributed by atoms with Crippen molar-refractivity contribution >= 4 is 0 Å². The predicted molar refractivity (Wildman–Crippen MR) is 68.6 cm³/mol. The summed E-state index contributed by atoms with van der Waals surface area (Å²) >= 11 is 0. The van der Waals surface area contributed by atoms with Crippen LogP contribution in [0.2, 0.25) is 0 Å². The fourth-order valence-corrected chi connectivity index (χ4v) is 2.53. The molecule has 136 valence electrons. The molecule has 2 rings (SSSR count). The first-order valence-corrected chi connectivity index (χ1v) is 7.04. The molecule has 23 heavy (non-hydrogen) atoms. The van der Waals surface area contributed by atoms with Gasteiger partial charge < -0.3 is 55.1 Å². The van der Waals surface area contributed by atoms with Gasteiger partial charge in [0.15, 0.2) is 6.29 Å². The summed E-state index contributed by atoms with van der Waals surface area (Å²) in [6.07, 6.45) is -12.0. The molecule has 0 radical (unpaired) electrons. The topological polar surface area (TPSA) is 190 Å². The molecule has 8 N–H and O–H groups in total.